The largest absolute Gasteiger partial charge is 0.313 e. The van der Waals surface area contributed by atoms with Crippen molar-refractivity contribution in [1.29, 1.82) is 5.26 Å². The van der Waals surface area contributed by atoms with Crippen LogP contribution in [0.5, 0.6) is 0 Å². The molecule has 0 spiro atoms. The molecule has 2 unspecified atom stereocenters. The molecule has 0 saturated heterocycles. The number of rotatable bonds is 3. The number of nitrogens with zero attached hydrogens (tertiary/aromatic N) is 1. The van der Waals surface area contributed by atoms with E-state index in [2.05, 4.69) is 18.3 Å². The molecule has 1 N–H and O–H groups in total. The summed E-state index contributed by atoms with van der Waals surface area (Å²) >= 11 is 0. The quantitative estimate of drug-likeness (QED) is 0.624. The molecule has 0 aliphatic heterocycles. The Hall–Kier alpha value is -0.550. The molecule has 0 amide bonds. The summed E-state index contributed by atoms with van der Waals surface area (Å²) in [5.41, 5.74) is 0. The Bertz CT molecular complexity index is 148. The molecule has 1 saturated carbocycles. The number of nitrogens with one attached hydrogen (secondary N) is 1. The van der Waals surface area contributed by atoms with Crippen LogP contribution in [0.2, 0.25) is 0 Å². The van der Waals surface area contributed by atoms with Crippen LogP contribution >= 0.6 is 0 Å². The van der Waals surface area contributed by atoms with Crippen molar-refractivity contribution < 1.29 is 0 Å². The number of nitriles is 1. The third-order valence-electron chi connectivity index (χ3n) is 2.36. The van der Waals surface area contributed by atoms with E-state index in [-0.39, 0.29) is 0 Å². The molecule has 1 aliphatic carbocycles. The average Bonchev–Trinajstić information content (AvgIpc) is 2.37. The molecule has 1 rings (SSSR count). The van der Waals surface area contributed by atoms with Crippen molar-refractivity contribution in [1.82, 2.24) is 5.32 Å². The van der Waals surface area contributed by atoms with E-state index in [9.17, 15) is 0 Å². The molecule has 2 atom stereocenters. The highest BCUT2D eigenvalue weighted by Crippen LogP contribution is 2.24. The van der Waals surface area contributed by atoms with Gasteiger partial charge in [-0.3, -0.25) is 0 Å². The van der Waals surface area contributed by atoms with Gasteiger partial charge in [0.05, 0.1) is 6.07 Å². The van der Waals surface area contributed by atoms with Gasteiger partial charge in [0, 0.05) is 19.0 Å². The molecule has 0 heterocycles. The predicted molar refractivity (Wildman–Crippen MR) is 45.0 cm³/mol. The SMILES string of the molecule is CC1CCC(NCCC#N)C1. The molecular formula is C9H16N2. The highest BCUT2D eigenvalue weighted by Gasteiger charge is 2.19. The van der Waals surface area contributed by atoms with E-state index in [1.165, 1.54) is 19.3 Å². The van der Waals surface area contributed by atoms with Gasteiger partial charge < -0.3 is 5.32 Å². The molecule has 2 heteroatoms. The molecule has 62 valence electrons. The summed E-state index contributed by atoms with van der Waals surface area (Å²) < 4.78 is 0. The lowest BCUT2D eigenvalue weighted by Gasteiger charge is -2.09. The van der Waals surface area contributed by atoms with Gasteiger partial charge in [-0.25, -0.2) is 0 Å². The molecule has 1 aliphatic rings. The predicted octanol–water partition coefficient (Wildman–Crippen LogP) is 1.68. The van der Waals surface area contributed by atoms with Gasteiger partial charge in [-0.2, -0.15) is 5.26 Å². The van der Waals surface area contributed by atoms with Crippen molar-refractivity contribution in [3.63, 3.8) is 0 Å². The van der Waals surface area contributed by atoms with Crippen LogP contribution in [0, 0.1) is 17.2 Å². The third kappa shape index (κ3) is 2.90. The lowest BCUT2D eigenvalue weighted by atomic mass is 10.1. The first-order valence-electron chi connectivity index (χ1n) is 4.43. The van der Waals surface area contributed by atoms with E-state index >= 15 is 0 Å². The summed E-state index contributed by atoms with van der Waals surface area (Å²) in [7, 11) is 0. The summed E-state index contributed by atoms with van der Waals surface area (Å²) in [5.74, 6) is 0.884. The Balaban J connectivity index is 2.05. The molecule has 0 aromatic heterocycles. The van der Waals surface area contributed by atoms with E-state index in [1.807, 2.05) is 0 Å². The topological polar surface area (TPSA) is 35.8 Å². The molecule has 1 fully saturated rings. The minimum atomic E-state index is 0.644. The minimum Gasteiger partial charge on any atom is -0.313 e. The summed E-state index contributed by atoms with van der Waals surface area (Å²) in [6, 6.07) is 2.83. The Kier molecular flexibility index (Phi) is 3.38. The molecule has 0 aromatic carbocycles. The van der Waals surface area contributed by atoms with Crippen LogP contribution < -0.4 is 5.32 Å². The molecule has 2 nitrogen and oxygen atoms in total. The van der Waals surface area contributed by atoms with E-state index in [1.54, 1.807) is 0 Å². The highest BCUT2D eigenvalue weighted by molar-refractivity contribution is 4.80. The van der Waals surface area contributed by atoms with Gasteiger partial charge in [-0.1, -0.05) is 6.92 Å². The first kappa shape index (κ1) is 8.55. The highest BCUT2D eigenvalue weighted by atomic mass is 14.9. The second-order valence-corrected chi connectivity index (χ2v) is 3.48. The van der Waals surface area contributed by atoms with E-state index in [0.717, 1.165) is 12.5 Å². The zero-order valence-electron chi connectivity index (χ0n) is 7.14. The van der Waals surface area contributed by atoms with Crippen LogP contribution in [-0.2, 0) is 0 Å². The lowest BCUT2D eigenvalue weighted by Crippen LogP contribution is -2.27. The molecule has 0 bridgehead atoms. The standard InChI is InChI=1S/C9H16N2/c1-8-3-4-9(7-8)11-6-2-5-10/h8-9,11H,2-4,6-7H2,1H3. The van der Waals surface area contributed by atoms with E-state index < -0.39 is 0 Å². The van der Waals surface area contributed by atoms with E-state index in [4.69, 9.17) is 5.26 Å². The molecule has 0 radical (unpaired) electrons. The van der Waals surface area contributed by atoms with E-state index in [0.29, 0.717) is 12.5 Å². The number of hydrogen-bond acceptors (Lipinski definition) is 2. The van der Waals surface area contributed by atoms with Gasteiger partial charge in [-0.05, 0) is 25.2 Å². The maximum Gasteiger partial charge on any atom is 0.0635 e. The fourth-order valence-corrected chi connectivity index (χ4v) is 1.72. The van der Waals surface area contributed by atoms with Gasteiger partial charge in [0.25, 0.3) is 0 Å². The van der Waals surface area contributed by atoms with Gasteiger partial charge >= 0.3 is 0 Å². The second-order valence-electron chi connectivity index (χ2n) is 3.48. The molecule has 0 aromatic rings. The Morgan fingerprint density at radius 3 is 2.91 bits per heavy atom. The first-order valence-corrected chi connectivity index (χ1v) is 4.43. The lowest BCUT2D eigenvalue weighted by molar-refractivity contribution is 0.509. The van der Waals surface area contributed by atoms with Crippen molar-refractivity contribution in [3.8, 4) is 6.07 Å². The minimum absolute atomic E-state index is 0.644. The van der Waals surface area contributed by atoms with Crippen molar-refractivity contribution in [3.05, 3.63) is 0 Å². The summed E-state index contributed by atoms with van der Waals surface area (Å²) in [5, 5.41) is 11.7. The Labute approximate surface area is 68.6 Å². The van der Waals surface area contributed by atoms with Crippen molar-refractivity contribution in [2.24, 2.45) is 5.92 Å². The van der Waals surface area contributed by atoms with Gasteiger partial charge in [0.2, 0.25) is 0 Å². The fraction of sp³-hybridized carbons (Fsp3) is 0.889. The smallest absolute Gasteiger partial charge is 0.0635 e. The first-order chi connectivity index (χ1) is 5.33. The molecular weight excluding hydrogens is 136 g/mol. The normalized spacial score (nSPS) is 30.2. The third-order valence-corrected chi connectivity index (χ3v) is 2.36. The van der Waals surface area contributed by atoms with Gasteiger partial charge in [0.1, 0.15) is 0 Å². The van der Waals surface area contributed by atoms with Crippen LogP contribution in [0.4, 0.5) is 0 Å². The molecule has 11 heavy (non-hydrogen) atoms. The summed E-state index contributed by atoms with van der Waals surface area (Å²) in [6.07, 6.45) is 4.59. The van der Waals surface area contributed by atoms with Crippen LogP contribution in [-0.4, -0.2) is 12.6 Å². The van der Waals surface area contributed by atoms with Crippen LogP contribution in [0.3, 0.4) is 0 Å². The van der Waals surface area contributed by atoms with Crippen LogP contribution in [0.1, 0.15) is 32.6 Å². The van der Waals surface area contributed by atoms with Crippen molar-refractivity contribution >= 4 is 0 Å². The monoisotopic (exact) mass is 152 g/mol. The van der Waals surface area contributed by atoms with Gasteiger partial charge in [-0.15, -0.1) is 0 Å². The number of hydrogen-bond donors (Lipinski definition) is 1. The average molecular weight is 152 g/mol. The van der Waals surface area contributed by atoms with Crippen molar-refractivity contribution in [2.75, 3.05) is 6.54 Å². The maximum atomic E-state index is 8.30. The zero-order chi connectivity index (χ0) is 8.10. The van der Waals surface area contributed by atoms with Crippen LogP contribution in [0.15, 0.2) is 0 Å². The fourth-order valence-electron chi connectivity index (χ4n) is 1.72. The maximum absolute atomic E-state index is 8.30. The summed E-state index contributed by atoms with van der Waals surface area (Å²) in [4.78, 5) is 0. The Morgan fingerprint density at radius 1 is 1.55 bits per heavy atom. The second kappa shape index (κ2) is 4.35. The van der Waals surface area contributed by atoms with Crippen molar-refractivity contribution in [2.45, 2.75) is 38.6 Å². The van der Waals surface area contributed by atoms with Gasteiger partial charge in [0.15, 0.2) is 0 Å². The summed E-state index contributed by atoms with van der Waals surface area (Å²) in [6.45, 7) is 3.17. The van der Waals surface area contributed by atoms with Crippen LogP contribution in [0.25, 0.3) is 0 Å². The Morgan fingerprint density at radius 2 is 2.36 bits per heavy atom. The zero-order valence-corrected chi connectivity index (χ0v) is 7.14.